The average molecular weight is 958 g/mol. The third kappa shape index (κ3) is 54.9. The molecular weight excluding hydrogens is 853 g/mol. The Morgan fingerprint density at radius 1 is 0.290 bits per heavy atom. The smallest absolute Gasteiger partial charge is 0.306 e. The Labute approximate surface area is 425 Å². The van der Waals surface area contributed by atoms with E-state index in [2.05, 4.69) is 118 Å². The summed E-state index contributed by atoms with van der Waals surface area (Å²) >= 11 is 0. The molecule has 0 aromatic carbocycles. The topological polar surface area (TPSA) is 78.9 Å². The molecule has 392 valence electrons. The van der Waals surface area contributed by atoms with Crippen LogP contribution >= 0.6 is 0 Å². The molecule has 0 aromatic rings. The zero-order chi connectivity index (χ0) is 50.0. The van der Waals surface area contributed by atoms with Crippen LogP contribution < -0.4 is 0 Å². The van der Waals surface area contributed by atoms with Crippen molar-refractivity contribution >= 4 is 17.9 Å². The van der Waals surface area contributed by atoms with Crippen molar-refractivity contribution in [3.05, 3.63) is 109 Å². The van der Waals surface area contributed by atoms with Crippen LogP contribution in [0.4, 0.5) is 0 Å². The number of esters is 3. The molecule has 0 aliphatic rings. The van der Waals surface area contributed by atoms with Crippen molar-refractivity contribution in [2.24, 2.45) is 0 Å². The summed E-state index contributed by atoms with van der Waals surface area (Å²) < 4.78 is 16.7. The first-order chi connectivity index (χ1) is 34.0. The van der Waals surface area contributed by atoms with Gasteiger partial charge >= 0.3 is 17.9 Å². The Balaban J connectivity index is 4.59. The summed E-state index contributed by atoms with van der Waals surface area (Å²) in [6, 6.07) is 0. The summed E-state index contributed by atoms with van der Waals surface area (Å²) in [5.41, 5.74) is 0. The third-order valence-electron chi connectivity index (χ3n) is 11.8. The summed E-state index contributed by atoms with van der Waals surface area (Å²) in [4.78, 5) is 38.1. The molecule has 0 rings (SSSR count). The maximum absolute atomic E-state index is 12.8. The van der Waals surface area contributed by atoms with Crippen LogP contribution in [0, 0.1) is 0 Å². The summed E-state index contributed by atoms with van der Waals surface area (Å²) in [7, 11) is 0. The standard InChI is InChI=1S/C63H104O6/c1-4-7-10-13-16-19-22-25-28-30-31-33-36-39-42-45-48-51-54-57-63(66)69-60(58-67-61(64)55-52-49-46-43-40-37-34-27-24-21-18-15-12-9-6-3)59-68-62(65)56-53-50-47-44-41-38-35-32-29-26-23-20-17-14-11-8-5-2/h16-17,19-20,25-26,28-29,31,33,35,38-39,42,44,47-48,51,60H,4-15,18,21-24,27,30,32,34,36-37,40-41,43,45-46,49-50,52-59H2,1-3H3/b19-16-,20-17-,28-25-,29-26-,33-31-,38-35-,42-39-,47-44-,51-48-/t60-/m0/s1. The summed E-state index contributed by atoms with van der Waals surface area (Å²) in [5, 5.41) is 0. The lowest BCUT2D eigenvalue weighted by Crippen LogP contribution is -2.30. The van der Waals surface area contributed by atoms with E-state index in [4.69, 9.17) is 14.2 Å². The number of hydrogen-bond donors (Lipinski definition) is 0. The predicted molar refractivity (Wildman–Crippen MR) is 297 cm³/mol. The van der Waals surface area contributed by atoms with E-state index in [1.54, 1.807) is 0 Å². The molecule has 0 aliphatic heterocycles. The van der Waals surface area contributed by atoms with Crippen molar-refractivity contribution in [2.45, 2.75) is 258 Å². The highest BCUT2D eigenvalue weighted by Gasteiger charge is 2.19. The molecule has 1 atom stereocenters. The maximum Gasteiger partial charge on any atom is 0.306 e. The van der Waals surface area contributed by atoms with Crippen LogP contribution in [0.1, 0.15) is 252 Å². The van der Waals surface area contributed by atoms with Crippen molar-refractivity contribution in [3.63, 3.8) is 0 Å². The minimum absolute atomic E-state index is 0.124. The van der Waals surface area contributed by atoms with Gasteiger partial charge in [0.15, 0.2) is 6.10 Å². The molecule has 0 aromatic heterocycles. The molecule has 0 fully saturated rings. The first kappa shape index (κ1) is 65.1. The molecule has 0 amide bonds. The summed E-state index contributed by atoms with van der Waals surface area (Å²) in [5.74, 6) is -1.07. The maximum atomic E-state index is 12.8. The van der Waals surface area contributed by atoms with Crippen LogP contribution in [0.5, 0.6) is 0 Å². The van der Waals surface area contributed by atoms with Crippen molar-refractivity contribution in [2.75, 3.05) is 13.2 Å². The molecule has 0 saturated heterocycles. The first-order valence-corrected chi connectivity index (χ1v) is 28.4. The normalized spacial score (nSPS) is 12.9. The number of carbonyl (C=O) groups is 3. The van der Waals surface area contributed by atoms with Crippen LogP contribution in [0.25, 0.3) is 0 Å². The SMILES string of the molecule is CCCCC/C=C\C/C=C\C/C=C\C/C=C\C/C=C\CCC(=O)O[C@H](COC(=O)CCC/C=C\C/C=C\C/C=C\C/C=C\CCCCC)COC(=O)CCCCCCCCCCCCCCCCC. The van der Waals surface area contributed by atoms with Crippen LogP contribution in [-0.4, -0.2) is 37.2 Å². The Morgan fingerprint density at radius 3 is 0.928 bits per heavy atom. The highest BCUT2D eigenvalue weighted by atomic mass is 16.6. The fourth-order valence-corrected chi connectivity index (χ4v) is 7.48. The largest absolute Gasteiger partial charge is 0.462 e. The fourth-order valence-electron chi connectivity index (χ4n) is 7.48. The zero-order valence-corrected chi connectivity index (χ0v) is 44.8. The van der Waals surface area contributed by atoms with Crippen molar-refractivity contribution in [1.82, 2.24) is 0 Å². The lowest BCUT2D eigenvalue weighted by atomic mass is 10.0. The number of rotatable bonds is 50. The Hall–Kier alpha value is -3.93. The van der Waals surface area contributed by atoms with Crippen LogP contribution in [0.2, 0.25) is 0 Å². The van der Waals surface area contributed by atoms with Crippen LogP contribution in [0.3, 0.4) is 0 Å². The first-order valence-electron chi connectivity index (χ1n) is 28.4. The van der Waals surface area contributed by atoms with Crippen molar-refractivity contribution < 1.29 is 28.6 Å². The lowest BCUT2D eigenvalue weighted by molar-refractivity contribution is -0.166. The van der Waals surface area contributed by atoms with Gasteiger partial charge in [0.2, 0.25) is 0 Å². The van der Waals surface area contributed by atoms with Crippen LogP contribution in [0.15, 0.2) is 109 Å². The Morgan fingerprint density at radius 2 is 0.565 bits per heavy atom. The minimum atomic E-state index is -0.840. The van der Waals surface area contributed by atoms with Gasteiger partial charge in [-0.05, 0) is 96.3 Å². The number of unbranched alkanes of at least 4 members (excludes halogenated alkanes) is 21. The number of hydrogen-bond acceptors (Lipinski definition) is 6. The molecule has 69 heavy (non-hydrogen) atoms. The van der Waals surface area contributed by atoms with Crippen molar-refractivity contribution in [3.8, 4) is 0 Å². The molecule has 0 saturated carbocycles. The fraction of sp³-hybridized carbons (Fsp3) is 0.667. The summed E-state index contributed by atoms with van der Waals surface area (Å²) in [6.07, 6.45) is 76.6. The van der Waals surface area contributed by atoms with Gasteiger partial charge in [0.05, 0.1) is 0 Å². The average Bonchev–Trinajstić information content (AvgIpc) is 3.35. The van der Waals surface area contributed by atoms with Gasteiger partial charge in [-0.2, -0.15) is 0 Å². The van der Waals surface area contributed by atoms with Gasteiger partial charge in [-0.3, -0.25) is 14.4 Å². The van der Waals surface area contributed by atoms with Gasteiger partial charge in [-0.25, -0.2) is 0 Å². The van der Waals surface area contributed by atoms with E-state index in [9.17, 15) is 14.4 Å². The van der Waals surface area contributed by atoms with E-state index >= 15 is 0 Å². The van der Waals surface area contributed by atoms with E-state index in [0.29, 0.717) is 19.3 Å². The van der Waals surface area contributed by atoms with Gasteiger partial charge in [-0.15, -0.1) is 0 Å². The van der Waals surface area contributed by atoms with Gasteiger partial charge in [0.1, 0.15) is 13.2 Å². The van der Waals surface area contributed by atoms with E-state index in [0.717, 1.165) is 70.6 Å². The Kier molecular flexibility index (Phi) is 53.4. The second kappa shape index (κ2) is 56.7. The van der Waals surface area contributed by atoms with E-state index in [1.165, 1.54) is 128 Å². The molecule has 0 radical (unpaired) electrons. The highest BCUT2D eigenvalue weighted by molar-refractivity contribution is 5.71. The Bertz CT molecular complexity index is 1420. The predicted octanol–water partition coefficient (Wildman–Crippen LogP) is 19.1. The number of carbonyl (C=O) groups excluding carboxylic acids is 3. The molecule has 6 nitrogen and oxygen atoms in total. The number of ether oxygens (including phenoxy) is 3. The molecular formula is C63H104O6. The quantitative estimate of drug-likeness (QED) is 0.0262. The zero-order valence-electron chi connectivity index (χ0n) is 44.8. The number of allylic oxidation sites excluding steroid dienone is 18. The molecule has 0 N–H and O–H groups in total. The van der Waals surface area contributed by atoms with Gasteiger partial charge in [-0.1, -0.05) is 246 Å². The van der Waals surface area contributed by atoms with E-state index in [-0.39, 0.29) is 38.0 Å². The summed E-state index contributed by atoms with van der Waals surface area (Å²) in [6.45, 7) is 6.48. The van der Waals surface area contributed by atoms with Gasteiger partial charge in [0, 0.05) is 19.3 Å². The molecule has 0 bridgehead atoms. The van der Waals surface area contributed by atoms with Crippen molar-refractivity contribution in [1.29, 1.82) is 0 Å². The molecule has 0 aliphatic carbocycles. The molecule has 0 heterocycles. The van der Waals surface area contributed by atoms with E-state index in [1.807, 2.05) is 12.2 Å². The minimum Gasteiger partial charge on any atom is -0.462 e. The van der Waals surface area contributed by atoms with Gasteiger partial charge < -0.3 is 14.2 Å². The molecule has 0 spiro atoms. The molecule has 6 heteroatoms. The van der Waals surface area contributed by atoms with Gasteiger partial charge in [0.25, 0.3) is 0 Å². The monoisotopic (exact) mass is 957 g/mol. The highest BCUT2D eigenvalue weighted by Crippen LogP contribution is 2.15. The van der Waals surface area contributed by atoms with Crippen LogP contribution in [-0.2, 0) is 28.6 Å². The third-order valence-corrected chi connectivity index (χ3v) is 11.8. The lowest BCUT2D eigenvalue weighted by Gasteiger charge is -2.18. The van der Waals surface area contributed by atoms with E-state index < -0.39 is 12.1 Å². The molecule has 0 unspecified atom stereocenters. The second-order valence-electron chi connectivity index (χ2n) is 18.5. The second-order valence-corrected chi connectivity index (χ2v) is 18.5.